The summed E-state index contributed by atoms with van der Waals surface area (Å²) in [4.78, 5) is 15.7. The monoisotopic (exact) mass is 204 g/mol. The summed E-state index contributed by atoms with van der Waals surface area (Å²) >= 11 is 0. The first-order valence-corrected chi connectivity index (χ1v) is 4.80. The smallest absolute Gasteiger partial charge is 0.198 e. The molecule has 0 N–H and O–H groups in total. The highest BCUT2D eigenvalue weighted by atomic mass is 16.3. The molecule has 2 rings (SSSR count). The number of aryl methyl sites for hydroxylation is 2. The van der Waals surface area contributed by atoms with E-state index in [-0.39, 0.29) is 5.78 Å². The van der Waals surface area contributed by atoms with E-state index in [0.29, 0.717) is 18.6 Å². The van der Waals surface area contributed by atoms with E-state index < -0.39 is 0 Å². The van der Waals surface area contributed by atoms with E-state index in [0.717, 1.165) is 5.82 Å². The summed E-state index contributed by atoms with van der Waals surface area (Å²) in [5.41, 5.74) is 0. The Labute approximate surface area is 87.5 Å². The van der Waals surface area contributed by atoms with Crippen molar-refractivity contribution in [1.82, 2.24) is 9.55 Å². The molecule has 0 saturated carbocycles. The number of nitrogens with zero attached hydrogens (tertiary/aromatic N) is 2. The number of imidazole rings is 1. The summed E-state index contributed by atoms with van der Waals surface area (Å²) in [6.07, 6.45) is 6.18. The number of ketones is 1. The highest BCUT2D eigenvalue weighted by Gasteiger charge is 2.09. The molecule has 4 nitrogen and oxygen atoms in total. The van der Waals surface area contributed by atoms with Gasteiger partial charge in [-0.15, -0.1) is 0 Å². The maximum atomic E-state index is 11.6. The molecule has 4 heteroatoms. The summed E-state index contributed by atoms with van der Waals surface area (Å²) in [6, 6.07) is 3.40. The number of hydrogen-bond acceptors (Lipinski definition) is 3. The van der Waals surface area contributed by atoms with Crippen molar-refractivity contribution in [2.75, 3.05) is 0 Å². The van der Waals surface area contributed by atoms with E-state index in [2.05, 4.69) is 4.98 Å². The Hall–Kier alpha value is -1.84. The van der Waals surface area contributed by atoms with E-state index in [4.69, 9.17) is 4.42 Å². The maximum absolute atomic E-state index is 11.6. The van der Waals surface area contributed by atoms with Gasteiger partial charge in [0.05, 0.1) is 6.26 Å². The Morgan fingerprint density at radius 3 is 3.07 bits per heavy atom. The highest BCUT2D eigenvalue weighted by Crippen LogP contribution is 2.07. The van der Waals surface area contributed by atoms with Gasteiger partial charge in [-0.05, 0) is 12.1 Å². The van der Waals surface area contributed by atoms with Gasteiger partial charge in [-0.25, -0.2) is 4.98 Å². The summed E-state index contributed by atoms with van der Waals surface area (Å²) < 4.78 is 6.93. The molecule has 0 amide bonds. The molecule has 0 spiro atoms. The van der Waals surface area contributed by atoms with Crippen molar-refractivity contribution in [3.8, 4) is 0 Å². The minimum absolute atomic E-state index is 0.0167. The quantitative estimate of drug-likeness (QED) is 0.714. The van der Waals surface area contributed by atoms with Gasteiger partial charge in [-0.2, -0.15) is 0 Å². The molecule has 0 radical (unpaired) electrons. The molecule has 0 bridgehead atoms. The van der Waals surface area contributed by atoms with Crippen molar-refractivity contribution in [2.24, 2.45) is 7.05 Å². The van der Waals surface area contributed by atoms with Crippen LogP contribution in [0.25, 0.3) is 0 Å². The van der Waals surface area contributed by atoms with E-state index in [9.17, 15) is 4.79 Å². The zero-order valence-corrected chi connectivity index (χ0v) is 8.51. The second kappa shape index (κ2) is 4.13. The summed E-state index contributed by atoms with van der Waals surface area (Å²) in [6.45, 7) is 0. The minimum atomic E-state index is 0.0167. The largest absolute Gasteiger partial charge is 0.461 e. The third-order valence-corrected chi connectivity index (χ3v) is 2.29. The fourth-order valence-electron chi connectivity index (χ4n) is 1.42. The molecule has 0 aliphatic carbocycles. The fraction of sp³-hybridized carbons (Fsp3) is 0.273. The third kappa shape index (κ3) is 2.15. The number of Topliss-reactive ketones (excluding diaryl/α,β-unsaturated/α-hetero) is 1. The highest BCUT2D eigenvalue weighted by molar-refractivity contribution is 5.93. The zero-order valence-electron chi connectivity index (χ0n) is 8.51. The van der Waals surface area contributed by atoms with Gasteiger partial charge in [0.1, 0.15) is 5.82 Å². The van der Waals surface area contributed by atoms with Gasteiger partial charge in [0.2, 0.25) is 0 Å². The molecule has 2 heterocycles. The molecule has 78 valence electrons. The Bertz CT molecular complexity index is 443. The lowest BCUT2D eigenvalue weighted by Gasteiger charge is -1.99. The number of aromatic nitrogens is 2. The Kier molecular flexibility index (Phi) is 2.67. The van der Waals surface area contributed by atoms with Crippen LogP contribution >= 0.6 is 0 Å². The molecule has 0 aliphatic heterocycles. The number of carbonyl (C=O) groups excluding carboxylic acids is 1. The molecular weight excluding hydrogens is 192 g/mol. The van der Waals surface area contributed by atoms with Gasteiger partial charge in [-0.3, -0.25) is 4.79 Å². The average molecular weight is 204 g/mol. The van der Waals surface area contributed by atoms with Crippen molar-refractivity contribution < 1.29 is 9.21 Å². The standard InChI is InChI=1S/C11H12N2O2/c1-13-7-6-12-11(13)5-4-9(14)10-3-2-8-15-10/h2-3,6-8H,4-5H2,1H3. The van der Waals surface area contributed by atoms with E-state index in [1.807, 2.05) is 17.8 Å². The zero-order chi connectivity index (χ0) is 10.7. The van der Waals surface area contributed by atoms with Crippen molar-refractivity contribution in [3.05, 3.63) is 42.4 Å². The third-order valence-electron chi connectivity index (χ3n) is 2.29. The van der Waals surface area contributed by atoms with Gasteiger partial charge in [0.15, 0.2) is 11.5 Å². The van der Waals surface area contributed by atoms with Crippen LogP contribution in [0.1, 0.15) is 22.8 Å². The lowest BCUT2D eigenvalue weighted by molar-refractivity contribution is 0.0955. The Morgan fingerprint density at radius 2 is 2.47 bits per heavy atom. The first kappa shape index (κ1) is 9.71. The molecule has 0 fully saturated rings. The molecule has 0 unspecified atom stereocenters. The van der Waals surface area contributed by atoms with Gasteiger partial charge >= 0.3 is 0 Å². The minimum Gasteiger partial charge on any atom is -0.461 e. The normalized spacial score (nSPS) is 10.5. The Morgan fingerprint density at radius 1 is 1.60 bits per heavy atom. The SMILES string of the molecule is Cn1ccnc1CCC(=O)c1ccco1. The van der Waals surface area contributed by atoms with Crippen LogP contribution in [0.5, 0.6) is 0 Å². The van der Waals surface area contributed by atoms with Crippen molar-refractivity contribution >= 4 is 5.78 Å². The van der Waals surface area contributed by atoms with Crippen molar-refractivity contribution in [3.63, 3.8) is 0 Å². The first-order chi connectivity index (χ1) is 7.27. The van der Waals surface area contributed by atoms with Crippen LogP contribution in [0.4, 0.5) is 0 Å². The number of carbonyl (C=O) groups is 1. The molecular formula is C11H12N2O2. The van der Waals surface area contributed by atoms with Crippen molar-refractivity contribution in [2.45, 2.75) is 12.8 Å². The lowest BCUT2D eigenvalue weighted by Crippen LogP contribution is -2.03. The van der Waals surface area contributed by atoms with Crippen LogP contribution in [0.3, 0.4) is 0 Å². The van der Waals surface area contributed by atoms with Crippen LogP contribution in [-0.4, -0.2) is 15.3 Å². The van der Waals surface area contributed by atoms with Crippen LogP contribution < -0.4 is 0 Å². The average Bonchev–Trinajstić information content (AvgIpc) is 2.85. The molecule has 0 atom stereocenters. The second-order valence-electron chi connectivity index (χ2n) is 3.35. The maximum Gasteiger partial charge on any atom is 0.198 e. The molecule has 2 aromatic heterocycles. The van der Waals surface area contributed by atoms with Gasteiger partial charge in [0.25, 0.3) is 0 Å². The molecule has 15 heavy (non-hydrogen) atoms. The number of hydrogen-bond donors (Lipinski definition) is 0. The summed E-state index contributed by atoms with van der Waals surface area (Å²) in [5, 5.41) is 0. The lowest BCUT2D eigenvalue weighted by atomic mass is 10.2. The molecule has 0 aliphatic rings. The second-order valence-corrected chi connectivity index (χ2v) is 3.35. The van der Waals surface area contributed by atoms with Crippen LogP contribution in [0.15, 0.2) is 35.2 Å². The predicted molar refractivity (Wildman–Crippen MR) is 54.6 cm³/mol. The summed E-state index contributed by atoms with van der Waals surface area (Å²) in [5.74, 6) is 1.35. The van der Waals surface area contributed by atoms with Crippen LogP contribution in [0, 0.1) is 0 Å². The summed E-state index contributed by atoms with van der Waals surface area (Å²) in [7, 11) is 1.92. The van der Waals surface area contributed by atoms with Gasteiger partial charge in [0, 0.05) is 32.3 Å². The van der Waals surface area contributed by atoms with Gasteiger partial charge in [-0.1, -0.05) is 0 Å². The number of furan rings is 1. The topological polar surface area (TPSA) is 48.0 Å². The predicted octanol–water partition coefficient (Wildman–Crippen LogP) is 1.83. The Balaban J connectivity index is 1.95. The van der Waals surface area contributed by atoms with Crippen molar-refractivity contribution in [1.29, 1.82) is 0 Å². The van der Waals surface area contributed by atoms with Crippen LogP contribution in [0.2, 0.25) is 0 Å². The van der Waals surface area contributed by atoms with Gasteiger partial charge < -0.3 is 8.98 Å². The fourth-order valence-corrected chi connectivity index (χ4v) is 1.42. The van der Waals surface area contributed by atoms with E-state index in [1.165, 1.54) is 6.26 Å². The molecule has 0 saturated heterocycles. The van der Waals surface area contributed by atoms with E-state index in [1.54, 1.807) is 18.3 Å². The molecule has 2 aromatic rings. The van der Waals surface area contributed by atoms with E-state index >= 15 is 0 Å². The first-order valence-electron chi connectivity index (χ1n) is 4.80. The molecule has 0 aromatic carbocycles. The number of rotatable bonds is 4. The van der Waals surface area contributed by atoms with Crippen LogP contribution in [-0.2, 0) is 13.5 Å².